The molecule has 0 bridgehead atoms. The largest absolute Gasteiger partial charge is 0.383 e. The van der Waals surface area contributed by atoms with E-state index < -0.39 is 6.04 Å². The second kappa shape index (κ2) is 12.7. The number of carbonyl (C=O) groups is 2. The fourth-order valence-corrected chi connectivity index (χ4v) is 2.68. The number of nitrogens with zero attached hydrogens (tertiary/aromatic N) is 1. The Morgan fingerprint density at radius 3 is 2.66 bits per heavy atom. The van der Waals surface area contributed by atoms with E-state index in [1.807, 2.05) is 19.1 Å². The molecule has 1 heterocycles. The third-order valence-corrected chi connectivity index (χ3v) is 4.23. The maximum atomic E-state index is 12.5. The molecule has 0 saturated heterocycles. The van der Waals surface area contributed by atoms with Crippen molar-refractivity contribution in [3.8, 4) is 0 Å². The summed E-state index contributed by atoms with van der Waals surface area (Å²) >= 11 is 0. The number of ether oxygens (including phenoxy) is 1. The number of amides is 2. The van der Waals surface area contributed by atoms with Gasteiger partial charge in [0.25, 0.3) is 11.8 Å². The molecular weight excluding hydrogens is 372 g/mol. The summed E-state index contributed by atoms with van der Waals surface area (Å²) in [7, 11) is 1.59. The van der Waals surface area contributed by atoms with Crippen LogP contribution in [0.1, 0.15) is 41.5 Å². The molecule has 29 heavy (non-hydrogen) atoms. The van der Waals surface area contributed by atoms with E-state index in [9.17, 15) is 9.59 Å². The predicted octanol–water partition coefficient (Wildman–Crippen LogP) is 0.865. The molecule has 0 spiro atoms. The van der Waals surface area contributed by atoms with Gasteiger partial charge >= 0.3 is 0 Å². The van der Waals surface area contributed by atoms with E-state index >= 15 is 0 Å². The molecule has 1 atom stereocenters. The summed E-state index contributed by atoms with van der Waals surface area (Å²) in [5.74, 6) is 0.332. The normalized spacial score (nSPS) is 11.8. The zero-order valence-corrected chi connectivity index (χ0v) is 17.0. The van der Waals surface area contributed by atoms with Gasteiger partial charge in [-0.05, 0) is 24.1 Å². The Kier molecular flexibility index (Phi) is 9.84. The standard InChI is InChI=1S/C20H30N6O3/c1-3-4-17(20(28)26-24-11-12-29-2)25-19(27)16-7-5-15(6-8-16)13-21-14-18-22-9-10-23-18/h5-10,17,21,24H,3-4,11-14H2,1-2H3,(H,22,23)(H,25,27)(H,26,28)/t17-/m0/s1. The zero-order chi connectivity index (χ0) is 20.9. The third kappa shape index (κ3) is 8.02. The summed E-state index contributed by atoms with van der Waals surface area (Å²) in [6.45, 7) is 4.24. The highest BCUT2D eigenvalue weighted by molar-refractivity contribution is 5.97. The quantitative estimate of drug-likeness (QED) is 0.250. The van der Waals surface area contributed by atoms with Crippen LogP contribution >= 0.6 is 0 Å². The highest BCUT2D eigenvalue weighted by atomic mass is 16.5. The average molecular weight is 402 g/mol. The smallest absolute Gasteiger partial charge is 0.256 e. The number of benzene rings is 1. The summed E-state index contributed by atoms with van der Waals surface area (Å²) < 4.78 is 4.91. The first-order chi connectivity index (χ1) is 14.1. The van der Waals surface area contributed by atoms with Crippen molar-refractivity contribution in [3.05, 3.63) is 53.6 Å². The van der Waals surface area contributed by atoms with E-state index in [4.69, 9.17) is 4.74 Å². The molecule has 9 nitrogen and oxygen atoms in total. The lowest BCUT2D eigenvalue weighted by atomic mass is 10.1. The Morgan fingerprint density at radius 2 is 2.00 bits per heavy atom. The Labute approximate surface area is 171 Å². The van der Waals surface area contributed by atoms with E-state index in [1.54, 1.807) is 31.6 Å². The van der Waals surface area contributed by atoms with Crippen LogP contribution in [0.5, 0.6) is 0 Å². The van der Waals surface area contributed by atoms with Crippen molar-refractivity contribution < 1.29 is 14.3 Å². The molecule has 9 heteroatoms. The molecule has 2 aromatic rings. The van der Waals surface area contributed by atoms with Crippen LogP contribution < -0.4 is 21.5 Å². The van der Waals surface area contributed by atoms with Gasteiger partial charge in [0, 0.05) is 38.2 Å². The zero-order valence-electron chi connectivity index (χ0n) is 17.0. The molecule has 5 N–H and O–H groups in total. The molecule has 2 amide bonds. The van der Waals surface area contributed by atoms with Gasteiger partial charge in [0.1, 0.15) is 11.9 Å². The monoisotopic (exact) mass is 402 g/mol. The summed E-state index contributed by atoms with van der Waals surface area (Å²) in [5.41, 5.74) is 6.96. The number of aromatic amines is 1. The summed E-state index contributed by atoms with van der Waals surface area (Å²) in [4.78, 5) is 32.0. The van der Waals surface area contributed by atoms with Crippen molar-refractivity contribution >= 4 is 11.8 Å². The Bertz CT molecular complexity index is 733. The number of aromatic nitrogens is 2. The molecule has 2 rings (SSSR count). The minimum atomic E-state index is -0.600. The fourth-order valence-electron chi connectivity index (χ4n) is 2.68. The molecule has 0 unspecified atom stereocenters. The number of rotatable bonds is 13. The van der Waals surface area contributed by atoms with E-state index in [1.165, 1.54) is 0 Å². The molecule has 1 aromatic heterocycles. The van der Waals surface area contributed by atoms with Gasteiger partial charge < -0.3 is 20.4 Å². The van der Waals surface area contributed by atoms with Gasteiger partial charge in [-0.25, -0.2) is 10.4 Å². The minimum absolute atomic E-state index is 0.268. The first-order valence-electron chi connectivity index (χ1n) is 9.74. The molecule has 0 radical (unpaired) electrons. The number of H-pyrrole nitrogens is 1. The van der Waals surface area contributed by atoms with Crippen LogP contribution in [0.4, 0.5) is 0 Å². The fraction of sp³-hybridized carbons (Fsp3) is 0.450. The number of hydrazine groups is 1. The lowest BCUT2D eigenvalue weighted by Gasteiger charge is -2.18. The number of imidazole rings is 1. The van der Waals surface area contributed by atoms with Gasteiger partial charge in [0.05, 0.1) is 13.2 Å². The summed E-state index contributed by atoms with van der Waals surface area (Å²) in [6, 6.07) is 6.71. The number of carbonyl (C=O) groups excluding carboxylic acids is 2. The lowest BCUT2D eigenvalue weighted by molar-refractivity contribution is -0.124. The van der Waals surface area contributed by atoms with Crippen LogP contribution in [0.2, 0.25) is 0 Å². The third-order valence-electron chi connectivity index (χ3n) is 4.23. The van der Waals surface area contributed by atoms with Gasteiger partial charge in [-0.15, -0.1) is 0 Å². The SMILES string of the molecule is CCC[C@H](NC(=O)c1ccc(CNCc2ncc[nH]2)cc1)C(=O)NNCCOC. The van der Waals surface area contributed by atoms with Gasteiger partial charge in [-0.2, -0.15) is 0 Å². The number of hydrogen-bond acceptors (Lipinski definition) is 6. The van der Waals surface area contributed by atoms with Crippen molar-refractivity contribution in [3.63, 3.8) is 0 Å². The van der Waals surface area contributed by atoms with Crippen molar-refractivity contribution in [2.24, 2.45) is 0 Å². The maximum Gasteiger partial charge on any atom is 0.256 e. The van der Waals surface area contributed by atoms with E-state index in [0.29, 0.717) is 38.2 Å². The molecule has 158 valence electrons. The predicted molar refractivity (Wildman–Crippen MR) is 110 cm³/mol. The molecule has 0 aliphatic heterocycles. The van der Waals surface area contributed by atoms with Crippen LogP contribution in [-0.2, 0) is 22.6 Å². The molecule has 0 saturated carbocycles. The van der Waals surface area contributed by atoms with E-state index in [-0.39, 0.29) is 11.8 Å². The molecule has 0 aliphatic rings. The lowest BCUT2D eigenvalue weighted by Crippen LogP contribution is -2.51. The van der Waals surface area contributed by atoms with Crippen LogP contribution in [0, 0.1) is 0 Å². The molecular formula is C20H30N6O3. The van der Waals surface area contributed by atoms with Gasteiger partial charge in [0.15, 0.2) is 0 Å². The number of nitrogens with one attached hydrogen (secondary N) is 5. The molecule has 1 aromatic carbocycles. The second-order valence-corrected chi connectivity index (χ2v) is 6.56. The van der Waals surface area contributed by atoms with Crippen LogP contribution in [0.25, 0.3) is 0 Å². The first-order valence-corrected chi connectivity index (χ1v) is 9.74. The van der Waals surface area contributed by atoms with Crippen molar-refractivity contribution in [1.82, 2.24) is 31.5 Å². The Balaban J connectivity index is 1.82. The highest BCUT2D eigenvalue weighted by Gasteiger charge is 2.20. The minimum Gasteiger partial charge on any atom is -0.383 e. The molecule has 0 aliphatic carbocycles. The maximum absolute atomic E-state index is 12.5. The average Bonchev–Trinajstić information content (AvgIpc) is 3.24. The Morgan fingerprint density at radius 1 is 1.21 bits per heavy atom. The highest BCUT2D eigenvalue weighted by Crippen LogP contribution is 2.06. The van der Waals surface area contributed by atoms with E-state index in [2.05, 4.69) is 31.5 Å². The van der Waals surface area contributed by atoms with Crippen LogP contribution in [0.3, 0.4) is 0 Å². The summed E-state index contributed by atoms with van der Waals surface area (Å²) in [6.07, 6.45) is 4.83. The molecule has 0 fully saturated rings. The Hall–Kier alpha value is -2.75. The van der Waals surface area contributed by atoms with Crippen molar-refractivity contribution in [2.75, 3.05) is 20.3 Å². The first kappa shape index (κ1) is 22.5. The second-order valence-electron chi connectivity index (χ2n) is 6.56. The van der Waals surface area contributed by atoms with Crippen molar-refractivity contribution in [2.45, 2.75) is 38.9 Å². The van der Waals surface area contributed by atoms with Crippen LogP contribution in [0.15, 0.2) is 36.7 Å². The topological polar surface area (TPSA) is 120 Å². The van der Waals surface area contributed by atoms with Gasteiger partial charge in [0.2, 0.25) is 0 Å². The number of methoxy groups -OCH3 is 1. The van der Waals surface area contributed by atoms with Gasteiger partial charge in [-0.1, -0.05) is 25.5 Å². The summed E-state index contributed by atoms with van der Waals surface area (Å²) in [5, 5.41) is 6.09. The van der Waals surface area contributed by atoms with Crippen molar-refractivity contribution in [1.29, 1.82) is 0 Å². The number of hydrogen-bond donors (Lipinski definition) is 5. The van der Waals surface area contributed by atoms with E-state index in [0.717, 1.165) is 17.8 Å². The van der Waals surface area contributed by atoms with Gasteiger partial charge in [-0.3, -0.25) is 15.0 Å². The van der Waals surface area contributed by atoms with Crippen LogP contribution in [-0.4, -0.2) is 48.1 Å².